The van der Waals surface area contributed by atoms with E-state index in [1.807, 2.05) is 13.8 Å². The minimum Gasteiger partial charge on any atom is -0.381 e. The highest BCUT2D eigenvalue weighted by molar-refractivity contribution is 5.20. The second-order valence-corrected chi connectivity index (χ2v) is 6.02. The smallest absolute Gasteiger partial charge is 0.138 e. The third kappa shape index (κ3) is 2.90. The molecule has 20 heavy (non-hydrogen) atoms. The summed E-state index contributed by atoms with van der Waals surface area (Å²) in [6.45, 7) is 7.31. The molecule has 1 N–H and O–H groups in total. The Morgan fingerprint density at radius 3 is 2.75 bits per heavy atom. The molecule has 0 amide bonds. The topological polar surface area (TPSA) is 56.5 Å². The van der Waals surface area contributed by atoms with Crippen molar-refractivity contribution < 1.29 is 14.0 Å². The highest BCUT2D eigenvalue weighted by atomic mass is 16.5. The summed E-state index contributed by atoms with van der Waals surface area (Å²) < 4.78 is 16.7. The standard InChI is InChI=1S/C15H24N2O3/c1-11-14(12(2)20-17-11)10-16-13-3-6-19-15(9-13)4-7-18-8-5-15/h13,16H,3-10H2,1-2H3. The highest BCUT2D eigenvalue weighted by Gasteiger charge is 2.38. The van der Waals surface area contributed by atoms with Crippen molar-refractivity contribution in [3.63, 3.8) is 0 Å². The molecule has 0 radical (unpaired) electrons. The monoisotopic (exact) mass is 280 g/mol. The Morgan fingerprint density at radius 1 is 1.25 bits per heavy atom. The van der Waals surface area contributed by atoms with Crippen LogP contribution in [0.2, 0.25) is 0 Å². The molecule has 5 nitrogen and oxygen atoms in total. The third-order valence-corrected chi connectivity index (χ3v) is 4.65. The van der Waals surface area contributed by atoms with Crippen LogP contribution in [0.5, 0.6) is 0 Å². The van der Waals surface area contributed by atoms with E-state index in [9.17, 15) is 0 Å². The van der Waals surface area contributed by atoms with E-state index in [0.29, 0.717) is 6.04 Å². The van der Waals surface area contributed by atoms with Crippen molar-refractivity contribution in [1.82, 2.24) is 10.5 Å². The molecule has 1 aromatic heterocycles. The first-order valence-electron chi connectivity index (χ1n) is 7.55. The number of nitrogens with one attached hydrogen (secondary N) is 1. The quantitative estimate of drug-likeness (QED) is 0.919. The van der Waals surface area contributed by atoms with Gasteiger partial charge in [0.1, 0.15) is 5.76 Å². The van der Waals surface area contributed by atoms with E-state index in [1.54, 1.807) is 0 Å². The van der Waals surface area contributed by atoms with E-state index < -0.39 is 0 Å². The van der Waals surface area contributed by atoms with Crippen LogP contribution >= 0.6 is 0 Å². The van der Waals surface area contributed by atoms with Crippen LogP contribution in [0, 0.1) is 13.8 Å². The Hall–Kier alpha value is -0.910. The maximum absolute atomic E-state index is 6.07. The van der Waals surface area contributed by atoms with E-state index in [0.717, 1.165) is 63.5 Å². The highest BCUT2D eigenvalue weighted by Crippen LogP contribution is 2.34. The predicted octanol–water partition coefficient (Wildman–Crippen LogP) is 2.11. The third-order valence-electron chi connectivity index (χ3n) is 4.65. The molecular formula is C15H24N2O3. The number of ether oxygens (including phenoxy) is 2. The molecular weight excluding hydrogens is 256 g/mol. The second kappa shape index (κ2) is 5.84. The Morgan fingerprint density at radius 2 is 2.05 bits per heavy atom. The molecule has 2 fully saturated rings. The number of nitrogens with zero attached hydrogens (tertiary/aromatic N) is 1. The molecule has 1 unspecified atom stereocenters. The van der Waals surface area contributed by atoms with Gasteiger partial charge in [-0.1, -0.05) is 5.16 Å². The molecule has 2 aliphatic rings. The van der Waals surface area contributed by atoms with Gasteiger partial charge in [0.15, 0.2) is 0 Å². The molecule has 1 spiro atoms. The van der Waals surface area contributed by atoms with Crippen LogP contribution in [0.15, 0.2) is 4.52 Å². The lowest BCUT2D eigenvalue weighted by atomic mass is 9.84. The van der Waals surface area contributed by atoms with Crippen LogP contribution in [0.4, 0.5) is 0 Å². The molecule has 2 saturated heterocycles. The van der Waals surface area contributed by atoms with Crippen molar-refractivity contribution in [1.29, 1.82) is 0 Å². The lowest BCUT2D eigenvalue weighted by molar-refractivity contribution is -0.140. The molecule has 1 aromatic rings. The number of aryl methyl sites for hydroxylation is 2. The Balaban J connectivity index is 1.58. The van der Waals surface area contributed by atoms with Gasteiger partial charge in [-0.2, -0.15) is 0 Å². The number of aromatic nitrogens is 1. The first-order valence-corrected chi connectivity index (χ1v) is 7.55. The van der Waals surface area contributed by atoms with Crippen molar-refractivity contribution >= 4 is 0 Å². The van der Waals surface area contributed by atoms with Gasteiger partial charge in [0.2, 0.25) is 0 Å². The summed E-state index contributed by atoms with van der Waals surface area (Å²) in [7, 11) is 0. The lowest BCUT2D eigenvalue weighted by Gasteiger charge is -2.43. The van der Waals surface area contributed by atoms with Gasteiger partial charge in [-0.25, -0.2) is 0 Å². The van der Waals surface area contributed by atoms with Crippen LogP contribution in [-0.2, 0) is 16.0 Å². The van der Waals surface area contributed by atoms with E-state index in [2.05, 4.69) is 10.5 Å². The Labute approximate surface area is 120 Å². The lowest BCUT2D eigenvalue weighted by Crippen LogP contribution is -2.49. The zero-order valence-corrected chi connectivity index (χ0v) is 12.4. The van der Waals surface area contributed by atoms with Crippen LogP contribution in [0.1, 0.15) is 42.7 Å². The Bertz CT molecular complexity index is 427. The van der Waals surface area contributed by atoms with Crippen molar-refractivity contribution in [3.8, 4) is 0 Å². The largest absolute Gasteiger partial charge is 0.381 e. The zero-order valence-electron chi connectivity index (χ0n) is 12.4. The Kier molecular flexibility index (Phi) is 4.10. The molecule has 0 bridgehead atoms. The summed E-state index contributed by atoms with van der Waals surface area (Å²) >= 11 is 0. The van der Waals surface area contributed by atoms with Gasteiger partial charge in [0.05, 0.1) is 11.3 Å². The molecule has 0 saturated carbocycles. The molecule has 0 aliphatic carbocycles. The van der Waals surface area contributed by atoms with E-state index >= 15 is 0 Å². The summed E-state index contributed by atoms with van der Waals surface area (Å²) in [6, 6.07) is 0.510. The summed E-state index contributed by atoms with van der Waals surface area (Å²) in [6.07, 6.45) is 4.21. The molecule has 3 rings (SSSR count). The van der Waals surface area contributed by atoms with Crippen LogP contribution in [0.3, 0.4) is 0 Å². The van der Waals surface area contributed by atoms with Gasteiger partial charge < -0.3 is 19.3 Å². The fraction of sp³-hybridized carbons (Fsp3) is 0.800. The maximum atomic E-state index is 6.07. The first-order chi connectivity index (χ1) is 9.69. The minimum atomic E-state index is 0.0485. The van der Waals surface area contributed by atoms with Crippen LogP contribution in [0.25, 0.3) is 0 Å². The van der Waals surface area contributed by atoms with Gasteiger partial charge in [-0.3, -0.25) is 0 Å². The van der Waals surface area contributed by atoms with Crippen molar-refractivity contribution in [2.24, 2.45) is 0 Å². The van der Waals surface area contributed by atoms with Crippen molar-refractivity contribution in [2.45, 2.75) is 57.7 Å². The van der Waals surface area contributed by atoms with E-state index in [4.69, 9.17) is 14.0 Å². The van der Waals surface area contributed by atoms with Gasteiger partial charge in [-0.15, -0.1) is 0 Å². The fourth-order valence-corrected chi connectivity index (χ4v) is 3.29. The van der Waals surface area contributed by atoms with E-state index in [1.165, 1.54) is 5.56 Å². The minimum absolute atomic E-state index is 0.0485. The fourth-order valence-electron chi connectivity index (χ4n) is 3.29. The number of hydrogen-bond acceptors (Lipinski definition) is 5. The number of rotatable bonds is 3. The molecule has 1 atom stereocenters. The summed E-state index contributed by atoms with van der Waals surface area (Å²) in [5.74, 6) is 0.919. The summed E-state index contributed by atoms with van der Waals surface area (Å²) in [4.78, 5) is 0. The van der Waals surface area contributed by atoms with Gasteiger partial charge in [0.25, 0.3) is 0 Å². The molecule has 5 heteroatoms. The first kappa shape index (κ1) is 14.0. The summed E-state index contributed by atoms with van der Waals surface area (Å²) in [5.41, 5.74) is 2.23. The SMILES string of the molecule is Cc1noc(C)c1CNC1CCOC2(CCOCC2)C1. The van der Waals surface area contributed by atoms with E-state index in [-0.39, 0.29) is 5.60 Å². The summed E-state index contributed by atoms with van der Waals surface area (Å²) in [5, 5.41) is 7.66. The van der Waals surface area contributed by atoms with Crippen molar-refractivity contribution in [3.05, 3.63) is 17.0 Å². The molecule has 112 valence electrons. The van der Waals surface area contributed by atoms with Gasteiger partial charge >= 0.3 is 0 Å². The van der Waals surface area contributed by atoms with Crippen LogP contribution in [-0.4, -0.2) is 36.6 Å². The van der Waals surface area contributed by atoms with Crippen molar-refractivity contribution in [2.75, 3.05) is 19.8 Å². The average Bonchev–Trinajstić information content (AvgIpc) is 2.77. The molecule has 3 heterocycles. The number of hydrogen-bond donors (Lipinski definition) is 1. The predicted molar refractivity (Wildman–Crippen MR) is 74.6 cm³/mol. The average molecular weight is 280 g/mol. The van der Waals surface area contributed by atoms with Gasteiger partial charge in [-0.05, 0) is 39.5 Å². The molecule has 2 aliphatic heterocycles. The second-order valence-electron chi connectivity index (χ2n) is 6.02. The van der Waals surface area contributed by atoms with Crippen LogP contribution < -0.4 is 5.32 Å². The maximum Gasteiger partial charge on any atom is 0.138 e. The normalized spacial score (nSPS) is 26.0. The zero-order chi connectivity index (χ0) is 14.0. The molecule has 0 aromatic carbocycles. The van der Waals surface area contributed by atoms with Gasteiger partial charge in [0, 0.05) is 38.0 Å².